The van der Waals surface area contributed by atoms with Crippen LogP contribution in [0.15, 0.2) is 24.5 Å². The Morgan fingerprint density at radius 2 is 2.19 bits per heavy atom. The minimum atomic E-state index is 0.138. The third kappa shape index (κ3) is 1.59. The van der Waals surface area contributed by atoms with Crippen LogP contribution in [0.1, 0.15) is 16.8 Å². The van der Waals surface area contributed by atoms with Gasteiger partial charge in [-0.1, -0.05) is 0 Å². The lowest BCUT2D eigenvalue weighted by Crippen LogP contribution is -2.33. The van der Waals surface area contributed by atoms with E-state index in [1.807, 2.05) is 4.90 Å². The highest BCUT2D eigenvalue weighted by molar-refractivity contribution is 5.94. The zero-order valence-electron chi connectivity index (χ0n) is 9.10. The Balaban J connectivity index is 1.73. The molecule has 0 bridgehead atoms. The van der Waals surface area contributed by atoms with Gasteiger partial charge in [0.2, 0.25) is 0 Å². The summed E-state index contributed by atoms with van der Waals surface area (Å²) in [6, 6.07) is 4.08. The summed E-state index contributed by atoms with van der Waals surface area (Å²) < 4.78 is 0. The van der Waals surface area contributed by atoms with Crippen molar-refractivity contribution in [3.05, 3.63) is 30.1 Å². The Labute approximate surface area is 94.7 Å². The molecule has 1 aromatic heterocycles. The number of fused-ring (bicyclic) bond motifs is 1. The molecular formula is C12H15N3O. The van der Waals surface area contributed by atoms with Crippen molar-refractivity contribution < 1.29 is 4.79 Å². The fourth-order valence-electron chi connectivity index (χ4n) is 2.69. The summed E-state index contributed by atoms with van der Waals surface area (Å²) in [7, 11) is 0. The van der Waals surface area contributed by atoms with Gasteiger partial charge in [-0.3, -0.25) is 9.78 Å². The van der Waals surface area contributed by atoms with Crippen molar-refractivity contribution in [2.75, 3.05) is 19.6 Å². The average molecular weight is 217 g/mol. The van der Waals surface area contributed by atoms with Gasteiger partial charge in [-0.15, -0.1) is 0 Å². The van der Waals surface area contributed by atoms with Crippen LogP contribution in [0.3, 0.4) is 0 Å². The molecule has 4 nitrogen and oxygen atoms in total. The van der Waals surface area contributed by atoms with Crippen molar-refractivity contribution in [1.29, 1.82) is 0 Å². The van der Waals surface area contributed by atoms with E-state index >= 15 is 0 Å². The van der Waals surface area contributed by atoms with Crippen LogP contribution < -0.4 is 5.32 Å². The van der Waals surface area contributed by atoms with Crippen molar-refractivity contribution in [3.8, 4) is 0 Å². The minimum absolute atomic E-state index is 0.138. The highest BCUT2D eigenvalue weighted by Gasteiger charge is 2.37. The van der Waals surface area contributed by atoms with Gasteiger partial charge in [0, 0.05) is 37.1 Å². The summed E-state index contributed by atoms with van der Waals surface area (Å²) in [5.41, 5.74) is 0.745. The molecule has 2 saturated heterocycles. The Hall–Kier alpha value is -1.42. The first kappa shape index (κ1) is 9.78. The summed E-state index contributed by atoms with van der Waals surface area (Å²) in [5, 5.41) is 3.45. The predicted molar refractivity (Wildman–Crippen MR) is 60.0 cm³/mol. The lowest BCUT2D eigenvalue weighted by Gasteiger charge is -2.17. The summed E-state index contributed by atoms with van der Waals surface area (Å²) in [6.07, 6.45) is 4.54. The molecule has 84 valence electrons. The summed E-state index contributed by atoms with van der Waals surface area (Å²) >= 11 is 0. The zero-order valence-corrected chi connectivity index (χ0v) is 9.10. The second-order valence-electron chi connectivity index (χ2n) is 4.56. The molecule has 1 amide bonds. The third-order valence-electron chi connectivity index (χ3n) is 3.58. The highest BCUT2D eigenvalue weighted by Crippen LogP contribution is 2.25. The zero-order chi connectivity index (χ0) is 11.0. The van der Waals surface area contributed by atoms with Crippen LogP contribution >= 0.6 is 0 Å². The van der Waals surface area contributed by atoms with Crippen LogP contribution in [0, 0.1) is 5.92 Å². The van der Waals surface area contributed by atoms with E-state index in [1.54, 1.807) is 24.5 Å². The number of rotatable bonds is 1. The Morgan fingerprint density at radius 1 is 1.38 bits per heavy atom. The Morgan fingerprint density at radius 3 is 2.94 bits per heavy atom. The first-order valence-electron chi connectivity index (χ1n) is 5.77. The van der Waals surface area contributed by atoms with Gasteiger partial charge in [0.25, 0.3) is 5.91 Å². The molecule has 2 fully saturated rings. The number of carbonyl (C=O) groups is 1. The minimum Gasteiger partial charge on any atom is -0.337 e. The first-order valence-corrected chi connectivity index (χ1v) is 5.77. The van der Waals surface area contributed by atoms with Gasteiger partial charge >= 0.3 is 0 Å². The fourth-order valence-corrected chi connectivity index (χ4v) is 2.69. The highest BCUT2D eigenvalue weighted by atomic mass is 16.2. The van der Waals surface area contributed by atoms with Gasteiger partial charge in [-0.2, -0.15) is 0 Å². The number of likely N-dealkylation sites (tertiary alicyclic amines) is 1. The number of carbonyl (C=O) groups excluding carboxylic acids is 1. The molecule has 2 atom stereocenters. The number of hydrogen-bond acceptors (Lipinski definition) is 3. The summed E-state index contributed by atoms with van der Waals surface area (Å²) in [4.78, 5) is 18.0. The fraction of sp³-hybridized carbons (Fsp3) is 0.500. The van der Waals surface area contributed by atoms with Crippen molar-refractivity contribution in [2.45, 2.75) is 12.5 Å². The van der Waals surface area contributed by atoms with Gasteiger partial charge < -0.3 is 10.2 Å². The molecule has 0 radical (unpaired) electrons. The van der Waals surface area contributed by atoms with E-state index in [-0.39, 0.29) is 5.91 Å². The van der Waals surface area contributed by atoms with Crippen LogP contribution in [-0.2, 0) is 0 Å². The quantitative estimate of drug-likeness (QED) is 0.745. The van der Waals surface area contributed by atoms with E-state index in [4.69, 9.17) is 0 Å². The number of amides is 1. The summed E-state index contributed by atoms with van der Waals surface area (Å²) in [5.74, 6) is 0.796. The van der Waals surface area contributed by atoms with Crippen molar-refractivity contribution in [3.63, 3.8) is 0 Å². The molecule has 3 rings (SSSR count). The van der Waals surface area contributed by atoms with Crippen LogP contribution in [-0.4, -0.2) is 41.5 Å². The molecule has 1 aromatic rings. The molecule has 2 aliphatic rings. The van der Waals surface area contributed by atoms with E-state index in [9.17, 15) is 4.79 Å². The van der Waals surface area contributed by atoms with Crippen molar-refractivity contribution >= 4 is 5.91 Å². The topological polar surface area (TPSA) is 45.2 Å². The molecule has 2 unspecified atom stereocenters. The molecular weight excluding hydrogens is 202 g/mol. The van der Waals surface area contributed by atoms with E-state index in [2.05, 4.69) is 10.3 Å². The molecule has 3 heterocycles. The van der Waals surface area contributed by atoms with E-state index in [1.165, 1.54) is 6.42 Å². The molecule has 4 heteroatoms. The van der Waals surface area contributed by atoms with Crippen LogP contribution in [0.4, 0.5) is 0 Å². The lowest BCUT2D eigenvalue weighted by atomic mass is 10.1. The second kappa shape index (κ2) is 3.87. The Kier molecular flexibility index (Phi) is 2.36. The monoisotopic (exact) mass is 217 g/mol. The largest absolute Gasteiger partial charge is 0.337 e. The first-order chi connectivity index (χ1) is 7.84. The molecule has 2 aliphatic heterocycles. The Bertz CT molecular complexity index is 381. The molecule has 0 saturated carbocycles. The molecule has 0 spiro atoms. The van der Waals surface area contributed by atoms with Gasteiger partial charge in [-0.05, 0) is 31.0 Å². The van der Waals surface area contributed by atoms with E-state index < -0.39 is 0 Å². The van der Waals surface area contributed by atoms with Gasteiger partial charge in [0.1, 0.15) is 0 Å². The summed E-state index contributed by atoms with van der Waals surface area (Å²) in [6.45, 7) is 2.86. The maximum Gasteiger partial charge on any atom is 0.254 e. The lowest BCUT2D eigenvalue weighted by molar-refractivity contribution is 0.0782. The number of nitrogens with zero attached hydrogens (tertiary/aromatic N) is 2. The number of aromatic nitrogens is 1. The number of nitrogens with one attached hydrogen (secondary N) is 1. The second-order valence-corrected chi connectivity index (χ2v) is 4.56. The van der Waals surface area contributed by atoms with E-state index in [0.717, 1.165) is 25.2 Å². The van der Waals surface area contributed by atoms with Crippen LogP contribution in [0.25, 0.3) is 0 Å². The maximum atomic E-state index is 12.1. The third-order valence-corrected chi connectivity index (χ3v) is 3.58. The average Bonchev–Trinajstić information content (AvgIpc) is 2.89. The van der Waals surface area contributed by atoms with Crippen LogP contribution in [0.2, 0.25) is 0 Å². The SMILES string of the molecule is O=C(c1ccncc1)N1CC2CCNC2C1. The van der Waals surface area contributed by atoms with Gasteiger partial charge in [-0.25, -0.2) is 0 Å². The van der Waals surface area contributed by atoms with Crippen LogP contribution in [0.5, 0.6) is 0 Å². The molecule has 0 aliphatic carbocycles. The molecule has 1 N–H and O–H groups in total. The standard InChI is InChI=1S/C12H15N3O/c16-12(9-1-4-13-5-2-9)15-7-10-3-6-14-11(10)8-15/h1-2,4-5,10-11,14H,3,6-8H2. The van der Waals surface area contributed by atoms with E-state index in [0.29, 0.717) is 12.0 Å². The maximum absolute atomic E-state index is 12.1. The predicted octanol–water partition coefficient (Wildman–Crippen LogP) is 0.515. The smallest absolute Gasteiger partial charge is 0.254 e. The van der Waals surface area contributed by atoms with Gasteiger partial charge in [0.05, 0.1) is 0 Å². The van der Waals surface area contributed by atoms with Gasteiger partial charge in [0.15, 0.2) is 0 Å². The molecule has 0 aromatic carbocycles. The number of hydrogen-bond donors (Lipinski definition) is 1. The number of pyridine rings is 1. The van der Waals surface area contributed by atoms with Crippen molar-refractivity contribution in [2.24, 2.45) is 5.92 Å². The molecule has 16 heavy (non-hydrogen) atoms. The normalized spacial score (nSPS) is 28.1. The van der Waals surface area contributed by atoms with Crippen molar-refractivity contribution in [1.82, 2.24) is 15.2 Å².